The van der Waals surface area contributed by atoms with Gasteiger partial charge in [-0.05, 0) is 66.5 Å². The Morgan fingerprint density at radius 1 is 1.23 bits per heavy atom. The van der Waals surface area contributed by atoms with Crippen LogP contribution in [0.5, 0.6) is 5.75 Å². The molecule has 1 aromatic heterocycles. The summed E-state index contributed by atoms with van der Waals surface area (Å²) in [6.45, 7) is 3.73. The quantitative estimate of drug-likeness (QED) is 0.597. The average Bonchev–Trinajstić information content (AvgIpc) is 3.44. The lowest BCUT2D eigenvalue weighted by molar-refractivity contribution is -0.142. The standard InChI is InChI=1S/C23H27ClN2O3S/c1-2-22(27)25(13-16-3-4-16)14-23(28)26-11-9-21-19(10-12-30-21)20(26)15-29-18-7-5-17(24)6-8-18/h5-8,10,12,16,20H,2-4,9,11,13-15H2,1H3. The third-order valence-electron chi connectivity index (χ3n) is 5.79. The Bertz CT molecular complexity index is 894. The van der Waals surface area contributed by atoms with Gasteiger partial charge in [-0.15, -0.1) is 11.3 Å². The van der Waals surface area contributed by atoms with E-state index in [1.807, 2.05) is 24.0 Å². The molecule has 1 aliphatic carbocycles. The predicted molar refractivity (Wildman–Crippen MR) is 119 cm³/mol. The van der Waals surface area contributed by atoms with E-state index in [1.165, 1.54) is 4.88 Å². The van der Waals surface area contributed by atoms with Gasteiger partial charge in [0.1, 0.15) is 12.4 Å². The van der Waals surface area contributed by atoms with Crippen molar-refractivity contribution in [2.75, 3.05) is 26.2 Å². The molecule has 0 saturated heterocycles. The molecule has 1 aliphatic heterocycles. The van der Waals surface area contributed by atoms with Gasteiger partial charge in [0.25, 0.3) is 0 Å². The zero-order valence-corrected chi connectivity index (χ0v) is 18.8. The minimum absolute atomic E-state index is 0.000920. The van der Waals surface area contributed by atoms with Crippen molar-refractivity contribution in [1.29, 1.82) is 0 Å². The summed E-state index contributed by atoms with van der Waals surface area (Å²) in [7, 11) is 0. The van der Waals surface area contributed by atoms with Crippen LogP contribution in [0.15, 0.2) is 35.7 Å². The Morgan fingerprint density at radius 2 is 2.00 bits per heavy atom. The third kappa shape index (κ3) is 4.98. The van der Waals surface area contributed by atoms with Gasteiger partial charge in [-0.3, -0.25) is 9.59 Å². The maximum absolute atomic E-state index is 13.3. The normalized spacial score (nSPS) is 18.1. The minimum atomic E-state index is -0.150. The Labute approximate surface area is 186 Å². The molecule has 160 valence electrons. The fraction of sp³-hybridized carbons (Fsp3) is 0.478. The number of fused-ring (bicyclic) bond motifs is 1. The van der Waals surface area contributed by atoms with E-state index >= 15 is 0 Å². The van der Waals surface area contributed by atoms with Crippen molar-refractivity contribution in [2.45, 2.75) is 38.6 Å². The highest BCUT2D eigenvalue weighted by Gasteiger charge is 2.34. The molecule has 5 nitrogen and oxygen atoms in total. The Hall–Kier alpha value is -2.05. The first-order chi connectivity index (χ1) is 14.5. The Kier molecular flexibility index (Phi) is 6.64. The molecule has 2 amide bonds. The second-order valence-electron chi connectivity index (χ2n) is 7.99. The highest BCUT2D eigenvalue weighted by molar-refractivity contribution is 7.10. The van der Waals surface area contributed by atoms with Gasteiger partial charge in [0.05, 0.1) is 12.6 Å². The molecule has 7 heteroatoms. The maximum atomic E-state index is 13.3. The monoisotopic (exact) mass is 446 g/mol. The van der Waals surface area contributed by atoms with Crippen LogP contribution in [-0.2, 0) is 16.0 Å². The summed E-state index contributed by atoms with van der Waals surface area (Å²) in [4.78, 5) is 30.6. The molecule has 0 N–H and O–H groups in total. The Balaban J connectivity index is 1.48. The second kappa shape index (κ2) is 9.40. The molecule has 0 radical (unpaired) electrons. The number of halogens is 1. The number of hydrogen-bond acceptors (Lipinski definition) is 4. The van der Waals surface area contributed by atoms with Gasteiger partial charge >= 0.3 is 0 Å². The number of carbonyl (C=O) groups is 2. The van der Waals surface area contributed by atoms with E-state index in [9.17, 15) is 9.59 Å². The number of hydrogen-bond donors (Lipinski definition) is 0. The number of nitrogens with zero attached hydrogens (tertiary/aromatic N) is 2. The summed E-state index contributed by atoms with van der Waals surface area (Å²) in [5.74, 6) is 1.34. The predicted octanol–water partition coefficient (Wildman–Crippen LogP) is 4.55. The highest BCUT2D eigenvalue weighted by atomic mass is 35.5. The van der Waals surface area contributed by atoms with E-state index in [0.29, 0.717) is 37.1 Å². The Morgan fingerprint density at radius 3 is 2.70 bits per heavy atom. The molecule has 0 bridgehead atoms. The number of thiophene rings is 1. The molecule has 4 rings (SSSR count). The van der Waals surface area contributed by atoms with Crippen molar-refractivity contribution in [3.8, 4) is 5.75 Å². The van der Waals surface area contributed by atoms with Crippen molar-refractivity contribution in [3.63, 3.8) is 0 Å². The lowest BCUT2D eigenvalue weighted by Crippen LogP contribution is -2.48. The number of ether oxygens (including phenoxy) is 1. The van der Waals surface area contributed by atoms with Gasteiger partial charge in [0.2, 0.25) is 11.8 Å². The van der Waals surface area contributed by atoms with Crippen molar-refractivity contribution in [2.24, 2.45) is 5.92 Å². The van der Waals surface area contributed by atoms with Gasteiger partial charge in [-0.2, -0.15) is 0 Å². The van der Waals surface area contributed by atoms with E-state index in [1.54, 1.807) is 28.4 Å². The number of amides is 2. The van der Waals surface area contributed by atoms with Gasteiger partial charge in [0, 0.05) is 29.4 Å². The van der Waals surface area contributed by atoms with Crippen LogP contribution in [0, 0.1) is 5.92 Å². The van der Waals surface area contributed by atoms with Crippen molar-refractivity contribution in [3.05, 3.63) is 51.2 Å². The van der Waals surface area contributed by atoms with Crippen LogP contribution in [0.1, 0.15) is 42.7 Å². The third-order valence-corrected chi connectivity index (χ3v) is 7.04. The molecule has 1 atom stereocenters. The zero-order valence-electron chi connectivity index (χ0n) is 17.2. The summed E-state index contributed by atoms with van der Waals surface area (Å²) in [6, 6.07) is 9.20. The van der Waals surface area contributed by atoms with Gasteiger partial charge < -0.3 is 14.5 Å². The summed E-state index contributed by atoms with van der Waals surface area (Å²) < 4.78 is 6.03. The molecule has 0 spiro atoms. The summed E-state index contributed by atoms with van der Waals surface area (Å²) in [6.07, 6.45) is 3.58. The smallest absolute Gasteiger partial charge is 0.242 e. The topological polar surface area (TPSA) is 49.9 Å². The molecule has 30 heavy (non-hydrogen) atoms. The van der Waals surface area contributed by atoms with Gasteiger partial charge in [-0.25, -0.2) is 0 Å². The zero-order chi connectivity index (χ0) is 21.1. The molecule has 2 aromatic rings. The molecular formula is C23H27ClN2O3S. The first-order valence-corrected chi connectivity index (χ1v) is 11.8. The largest absolute Gasteiger partial charge is 0.491 e. The number of benzene rings is 1. The van der Waals surface area contributed by atoms with Crippen LogP contribution in [0.4, 0.5) is 0 Å². The number of carbonyl (C=O) groups excluding carboxylic acids is 2. The molecule has 1 saturated carbocycles. The van der Waals surface area contributed by atoms with Crippen LogP contribution >= 0.6 is 22.9 Å². The van der Waals surface area contributed by atoms with E-state index in [0.717, 1.165) is 30.6 Å². The maximum Gasteiger partial charge on any atom is 0.242 e. The van der Waals surface area contributed by atoms with Crippen LogP contribution in [0.2, 0.25) is 5.02 Å². The van der Waals surface area contributed by atoms with Gasteiger partial charge in [0.15, 0.2) is 0 Å². The number of rotatable bonds is 8. The van der Waals surface area contributed by atoms with Gasteiger partial charge in [-0.1, -0.05) is 18.5 Å². The van der Waals surface area contributed by atoms with E-state index in [4.69, 9.17) is 16.3 Å². The van der Waals surface area contributed by atoms with Crippen molar-refractivity contribution in [1.82, 2.24) is 9.80 Å². The molecule has 1 aromatic carbocycles. The molecule has 2 aliphatic rings. The van der Waals surface area contributed by atoms with E-state index in [-0.39, 0.29) is 24.4 Å². The van der Waals surface area contributed by atoms with Crippen LogP contribution in [0.3, 0.4) is 0 Å². The fourth-order valence-corrected chi connectivity index (χ4v) is 4.98. The van der Waals surface area contributed by atoms with Crippen LogP contribution < -0.4 is 4.74 Å². The lowest BCUT2D eigenvalue weighted by Gasteiger charge is -2.37. The second-order valence-corrected chi connectivity index (χ2v) is 9.43. The summed E-state index contributed by atoms with van der Waals surface area (Å²) in [5, 5.41) is 2.74. The summed E-state index contributed by atoms with van der Waals surface area (Å²) >= 11 is 7.69. The minimum Gasteiger partial charge on any atom is -0.491 e. The molecule has 2 heterocycles. The SMILES string of the molecule is CCC(=O)N(CC(=O)N1CCc2sccc2C1COc1ccc(Cl)cc1)CC1CC1. The summed E-state index contributed by atoms with van der Waals surface area (Å²) in [5.41, 5.74) is 1.16. The average molecular weight is 447 g/mol. The molecule has 1 unspecified atom stereocenters. The fourth-order valence-electron chi connectivity index (χ4n) is 3.92. The first kappa shape index (κ1) is 21.2. The van der Waals surface area contributed by atoms with Crippen molar-refractivity contribution >= 4 is 34.8 Å². The van der Waals surface area contributed by atoms with Crippen LogP contribution in [-0.4, -0.2) is 47.9 Å². The van der Waals surface area contributed by atoms with E-state index < -0.39 is 0 Å². The molecule has 1 fully saturated rings. The first-order valence-electron chi connectivity index (χ1n) is 10.6. The van der Waals surface area contributed by atoms with Crippen molar-refractivity contribution < 1.29 is 14.3 Å². The van der Waals surface area contributed by atoms with E-state index in [2.05, 4.69) is 11.4 Å². The lowest BCUT2D eigenvalue weighted by atomic mass is 10.0. The molecular weight excluding hydrogens is 420 g/mol. The van der Waals surface area contributed by atoms with Crippen LogP contribution in [0.25, 0.3) is 0 Å². The highest BCUT2D eigenvalue weighted by Crippen LogP contribution is 2.34.